The highest BCUT2D eigenvalue weighted by Crippen LogP contribution is 2.13. The fraction of sp³-hybridized carbons (Fsp3) is 0.400. The molecule has 0 saturated heterocycles. The molecule has 2 aromatic rings. The summed E-state index contributed by atoms with van der Waals surface area (Å²) >= 11 is 5.87. The number of aryl methyl sites for hydroxylation is 2. The maximum atomic E-state index is 6.22. The summed E-state index contributed by atoms with van der Waals surface area (Å²) < 4.78 is 1.93. The van der Waals surface area contributed by atoms with Crippen molar-refractivity contribution in [2.75, 3.05) is 0 Å². The number of hydrogen-bond acceptors (Lipinski definition) is 2. The average Bonchev–Trinajstić information content (AvgIpc) is 2.73. The third kappa shape index (κ3) is 3.82. The molecule has 0 radical (unpaired) electrons. The molecule has 19 heavy (non-hydrogen) atoms. The molecule has 1 heterocycles. The van der Waals surface area contributed by atoms with Crippen LogP contribution >= 0.6 is 11.6 Å². The zero-order valence-electron chi connectivity index (χ0n) is 11.4. The van der Waals surface area contributed by atoms with Crippen LogP contribution in [0.3, 0.4) is 0 Å². The molecule has 4 heteroatoms. The Balaban J connectivity index is 1.98. The van der Waals surface area contributed by atoms with Gasteiger partial charge in [-0.3, -0.25) is 4.68 Å². The molecule has 0 aliphatic rings. The first-order chi connectivity index (χ1) is 9.08. The quantitative estimate of drug-likeness (QED) is 0.913. The standard InChI is InChI=1S/C15H20ClN3/c1-3-14-10-15(19(2)18-14)9-13(17)8-11-4-6-12(16)7-5-11/h4-7,10,13H,3,8-9,17H2,1-2H3. The molecule has 0 aliphatic heterocycles. The van der Waals surface area contributed by atoms with E-state index in [0.29, 0.717) is 0 Å². The molecule has 0 spiro atoms. The molecule has 0 bridgehead atoms. The fourth-order valence-corrected chi connectivity index (χ4v) is 2.33. The number of rotatable bonds is 5. The minimum absolute atomic E-state index is 0.0984. The van der Waals surface area contributed by atoms with Crippen LogP contribution in [0.25, 0.3) is 0 Å². The van der Waals surface area contributed by atoms with E-state index in [4.69, 9.17) is 17.3 Å². The number of aromatic nitrogens is 2. The summed E-state index contributed by atoms with van der Waals surface area (Å²) in [6, 6.07) is 10.1. The van der Waals surface area contributed by atoms with Crippen LogP contribution in [-0.2, 0) is 26.3 Å². The lowest BCUT2D eigenvalue weighted by Crippen LogP contribution is -2.26. The Hall–Kier alpha value is -1.32. The van der Waals surface area contributed by atoms with Crippen molar-refractivity contribution in [2.45, 2.75) is 32.2 Å². The van der Waals surface area contributed by atoms with Gasteiger partial charge in [-0.25, -0.2) is 0 Å². The molecule has 1 unspecified atom stereocenters. The Bertz CT molecular complexity index is 531. The van der Waals surface area contributed by atoms with Gasteiger partial charge in [0.05, 0.1) is 5.69 Å². The van der Waals surface area contributed by atoms with Crippen LogP contribution in [-0.4, -0.2) is 15.8 Å². The van der Waals surface area contributed by atoms with E-state index in [-0.39, 0.29) is 6.04 Å². The molecule has 2 rings (SSSR count). The van der Waals surface area contributed by atoms with E-state index in [9.17, 15) is 0 Å². The Labute approximate surface area is 119 Å². The smallest absolute Gasteiger partial charge is 0.0624 e. The third-order valence-electron chi connectivity index (χ3n) is 3.27. The van der Waals surface area contributed by atoms with Crippen LogP contribution < -0.4 is 5.73 Å². The van der Waals surface area contributed by atoms with Crippen LogP contribution in [0.5, 0.6) is 0 Å². The second-order valence-corrected chi connectivity index (χ2v) is 5.34. The first-order valence-electron chi connectivity index (χ1n) is 6.60. The van der Waals surface area contributed by atoms with Crippen LogP contribution in [0.1, 0.15) is 23.9 Å². The summed E-state index contributed by atoms with van der Waals surface area (Å²) in [5.41, 5.74) is 9.75. The van der Waals surface area contributed by atoms with Gasteiger partial charge in [0.15, 0.2) is 0 Å². The maximum absolute atomic E-state index is 6.22. The molecule has 3 nitrogen and oxygen atoms in total. The molecule has 0 fully saturated rings. The van der Waals surface area contributed by atoms with E-state index >= 15 is 0 Å². The van der Waals surface area contributed by atoms with E-state index in [2.05, 4.69) is 18.1 Å². The van der Waals surface area contributed by atoms with Crippen molar-refractivity contribution in [3.05, 3.63) is 52.3 Å². The number of nitrogens with zero attached hydrogens (tertiary/aromatic N) is 2. The van der Waals surface area contributed by atoms with Crippen molar-refractivity contribution in [2.24, 2.45) is 12.8 Å². The van der Waals surface area contributed by atoms with Gasteiger partial charge >= 0.3 is 0 Å². The second kappa shape index (κ2) is 6.22. The number of benzene rings is 1. The molecule has 1 aromatic heterocycles. The van der Waals surface area contributed by atoms with E-state index in [1.54, 1.807) is 0 Å². The lowest BCUT2D eigenvalue weighted by Gasteiger charge is -2.11. The molecule has 0 aliphatic carbocycles. The van der Waals surface area contributed by atoms with E-state index in [1.165, 1.54) is 11.3 Å². The zero-order valence-corrected chi connectivity index (χ0v) is 12.2. The molecule has 1 aromatic carbocycles. The molecule has 0 saturated carbocycles. The van der Waals surface area contributed by atoms with E-state index in [1.807, 2.05) is 36.0 Å². The highest BCUT2D eigenvalue weighted by atomic mass is 35.5. The maximum Gasteiger partial charge on any atom is 0.0624 e. The van der Waals surface area contributed by atoms with E-state index in [0.717, 1.165) is 30.0 Å². The highest BCUT2D eigenvalue weighted by molar-refractivity contribution is 6.30. The lowest BCUT2D eigenvalue weighted by molar-refractivity contribution is 0.611. The summed E-state index contributed by atoms with van der Waals surface area (Å²) in [6.07, 6.45) is 2.65. The Morgan fingerprint density at radius 2 is 1.95 bits per heavy atom. The van der Waals surface area contributed by atoms with Gasteiger partial charge in [0, 0.05) is 30.2 Å². The van der Waals surface area contributed by atoms with Crippen LogP contribution in [0.4, 0.5) is 0 Å². The van der Waals surface area contributed by atoms with Crippen molar-refractivity contribution in [1.82, 2.24) is 9.78 Å². The molecule has 0 amide bonds. The summed E-state index contributed by atoms with van der Waals surface area (Å²) in [5, 5.41) is 5.21. The SMILES string of the molecule is CCc1cc(CC(N)Cc2ccc(Cl)cc2)n(C)n1. The van der Waals surface area contributed by atoms with Gasteiger partial charge < -0.3 is 5.73 Å². The minimum Gasteiger partial charge on any atom is -0.327 e. The normalized spacial score (nSPS) is 12.6. The van der Waals surface area contributed by atoms with Gasteiger partial charge in [0.25, 0.3) is 0 Å². The van der Waals surface area contributed by atoms with Gasteiger partial charge in [-0.2, -0.15) is 5.10 Å². The topological polar surface area (TPSA) is 43.8 Å². The van der Waals surface area contributed by atoms with Gasteiger partial charge in [-0.15, -0.1) is 0 Å². The zero-order chi connectivity index (χ0) is 13.8. The Kier molecular flexibility index (Phi) is 4.61. The van der Waals surface area contributed by atoms with Gasteiger partial charge in [-0.1, -0.05) is 30.7 Å². The first-order valence-corrected chi connectivity index (χ1v) is 6.98. The van der Waals surface area contributed by atoms with Crippen LogP contribution in [0.2, 0.25) is 5.02 Å². The summed E-state index contributed by atoms with van der Waals surface area (Å²) in [5.74, 6) is 0. The first kappa shape index (κ1) is 14.1. The number of hydrogen-bond donors (Lipinski definition) is 1. The monoisotopic (exact) mass is 277 g/mol. The lowest BCUT2D eigenvalue weighted by atomic mass is 10.0. The molecular weight excluding hydrogens is 258 g/mol. The third-order valence-corrected chi connectivity index (χ3v) is 3.52. The molecule has 1 atom stereocenters. The molecule has 102 valence electrons. The van der Waals surface area contributed by atoms with Crippen molar-refractivity contribution in [3.8, 4) is 0 Å². The summed E-state index contributed by atoms with van der Waals surface area (Å²) in [7, 11) is 1.98. The minimum atomic E-state index is 0.0984. The predicted molar refractivity (Wildman–Crippen MR) is 79.4 cm³/mol. The number of nitrogens with two attached hydrogens (primary N) is 1. The summed E-state index contributed by atoms with van der Waals surface area (Å²) in [4.78, 5) is 0. The van der Waals surface area contributed by atoms with Crippen molar-refractivity contribution >= 4 is 11.6 Å². The van der Waals surface area contributed by atoms with Gasteiger partial charge in [0.1, 0.15) is 0 Å². The average molecular weight is 278 g/mol. The largest absolute Gasteiger partial charge is 0.327 e. The number of halogens is 1. The van der Waals surface area contributed by atoms with Crippen LogP contribution in [0, 0.1) is 0 Å². The van der Waals surface area contributed by atoms with Crippen molar-refractivity contribution < 1.29 is 0 Å². The van der Waals surface area contributed by atoms with Gasteiger partial charge in [-0.05, 0) is 36.6 Å². The fourth-order valence-electron chi connectivity index (χ4n) is 2.20. The van der Waals surface area contributed by atoms with Crippen molar-refractivity contribution in [1.29, 1.82) is 0 Å². The summed E-state index contributed by atoms with van der Waals surface area (Å²) in [6.45, 7) is 2.11. The molecule has 2 N–H and O–H groups in total. The second-order valence-electron chi connectivity index (χ2n) is 4.90. The van der Waals surface area contributed by atoms with Crippen molar-refractivity contribution in [3.63, 3.8) is 0 Å². The predicted octanol–water partition coefficient (Wildman–Crippen LogP) is 2.75. The van der Waals surface area contributed by atoms with E-state index < -0.39 is 0 Å². The highest BCUT2D eigenvalue weighted by Gasteiger charge is 2.10. The Morgan fingerprint density at radius 1 is 1.26 bits per heavy atom. The van der Waals surface area contributed by atoms with Crippen LogP contribution in [0.15, 0.2) is 30.3 Å². The molecular formula is C15H20ClN3. The Morgan fingerprint density at radius 3 is 2.53 bits per heavy atom. The van der Waals surface area contributed by atoms with Gasteiger partial charge in [0.2, 0.25) is 0 Å².